The van der Waals surface area contributed by atoms with Gasteiger partial charge < -0.3 is 4.84 Å². The molecule has 1 heterocycles. The van der Waals surface area contributed by atoms with Crippen molar-refractivity contribution in [1.29, 1.82) is 0 Å². The first kappa shape index (κ1) is 13.8. The third-order valence-electron chi connectivity index (χ3n) is 3.64. The average molecular weight is 265 g/mol. The van der Waals surface area contributed by atoms with Crippen LogP contribution in [0.5, 0.6) is 0 Å². The SMILES string of the molecule is C[C@@H]1/C=C/CC[C@@H](C(=O)ON2C(=O)CCC2=O)CC1. The second kappa shape index (κ2) is 5.99. The molecule has 5 nitrogen and oxygen atoms in total. The van der Waals surface area contributed by atoms with E-state index >= 15 is 0 Å². The number of hydrogen-bond acceptors (Lipinski definition) is 4. The molecule has 0 aromatic heterocycles. The number of hydrogen-bond donors (Lipinski definition) is 0. The summed E-state index contributed by atoms with van der Waals surface area (Å²) < 4.78 is 0. The molecule has 0 unspecified atom stereocenters. The van der Waals surface area contributed by atoms with Gasteiger partial charge >= 0.3 is 5.97 Å². The van der Waals surface area contributed by atoms with Crippen molar-refractivity contribution in [3.63, 3.8) is 0 Å². The van der Waals surface area contributed by atoms with Crippen LogP contribution in [0.3, 0.4) is 0 Å². The molecule has 0 spiro atoms. The van der Waals surface area contributed by atoms with Crippen LogP contribution in [0.1, 0.15) is 45.4 Å². The van der Waals surface area contributed by atoms with Crippen LogP contribution < -0.4 is 0 Å². The lowest BCUT2D eigenvalue weighted by Crippen LogP contribution is -2.34. The van der Waals surface area contributed by atoms with Crippen LogP contribution in [-0.2, 0) is 19.2 Å². The Hall–Kier alpha value is -1.65. The van der Waals surface area contributed by atoms with Crippen molar-refractivity contribution >= 4 is 17.8 Å². The van der Waals surface area contributed by atoms with Crippen LogP contribution in [0.25, 0.3) is 0 Å². The largest absolute Gasteiger partial charge is 0.336 e. The van der Waals surface area contributed by atoms with Crippen LogP contribution >= 0.6 is 0 Å². The standard InChI is InChI=1S/C14H19NO4/c1-10-4-2-3-5-11(7-6-10)14(18)19-15-12(16)8-9-13(15)17/h2,4,10-11H,3,5-9H2,1H3/b4-2+/t10-,11-/m1/s1. The summed E-state index contributed by atoms with van der Waals surface area (Å²) in [5.74, 6) is -1.07. The third-order valence-corrected chi connectivity index (χ3v) is 3.64. The van der Waals surface area contributed by atoms with Gasteiger partial charge in [0.1, 0.15) is 0 Å². The molecule has 1 aliphatic heterocycles. The predicted octanol–water partition coefficient (Wildman–Crippen LogP) is 1.98. The molecule has 2 amide bonds. The fourth-order valence-electron chi connectivity index (χ4n) is 2.39. The Labute approximate surface area is 112 Å². The summed E-state index contributed by atoms with van der Waals surface area (Å²) in [6.45, 7) is 2.11. The number of carbonyl (C=O) groups excluding carboxylic acids is 3. The molecule has 19 heavy (non-hydrogen) atoms. The van der Waals surface area contributed by atoms with Gasteiger partial charge in [-0.05, 0) is 31.6 Å². The Kier molecular flexibility index (Phi) is 4.35. The fraction of sp³-hybridized carbons (Fsp3) is 0.643. The molecule has 0 saturated carbocycles. The van der Waals surface area contributed by atoms with Crippen molar-refractivity contribution in [2.45, 2.75) is 45.4 Å². The maximum Gasteiger partial charge on any atom is 0.336 e. The van der Waals surface area contributed by atoms with Gasteiger partial charge in [0.15, 0.2) is 0 Å². The van der Waals surface area contributed by atoms with Gasteiger partial charge in [-0.25, -0.2) is 4.79 Å². The van der Waals surface area contributed by atoms with E-state index in [4.69, 9.17) is 4.84 Å². The fourth-order valence-corrected chi connectivity index (χ4v) is 2.39. The lowest BCUT2D eigenvalue weighted by atomic mass is 9.90. The summed E-state index contributed by atoms with van der Waals surface area (Å²) in [6.07, 6.45) is 7.70. The van der Waals surface area contributed by atoms with Gasteiger partial charge in [0.2, 0.25) is 0 Å². The molecule has 2 atom stereocenters. The van der Waals surface area contributed by atoms with E-state index < -0.39 is 17.8 Å². The first-order valence-electron chi connectivity index (χ1n) is 6.82. The van der Waals surface area contributed by atoms with Gasteiger partial charge in [0, 0.05) is 12.8 Å². The Balaban J connectivity index is 1.93. The highest BCUT2D eigenvalue weighted by molar-refractivity contribution is 6.01. The van der Waals surface area contributed by atoms with E-state index in [0.717, 1.165) is 19.3 Å². The normalized spacial score (nSPS) is 29.8. The van der Waals surface area contributed by atoms with Gasteiger partial charge in [-0.3, -0.25) is 9.59 Å². The monoisotopic (exact) mass is 265 g/mol. The van der Waals surface area contributed by atoms with Gasteiger partial charge in [-0.1, -0.05) is 19.1 Å². The molecular weight excluding hydrogens is 246 g/mol. The van der Waals surface area contributed by atoms with Crippen molar-refractivity contribution in [2.24, 2.45) is 11.8 Å². The molecule has 0 N–H and O–H groups in total. The van der Waals surface area contributed by atoms with Crippen LogP contribution in [-0.4, -0.2) is 22.8 Å². The van der Waals surface area contributed by atoms with Crippen molar-refractivity contribution in [2.75, 3.05) is 0 Å². The maximum absolute atomic E-state index is 12.0. The second-order valence-corrected chi connectivity index (χ2v) is 5.25. The van der Waals surface area contributed by atoms with Gasteiger partial charge in [0.05, 0.1) is 5.92 Å². The smallest absolute Gasteiger partial charge is 0.330 e. The predicted molar refractivity (Wildman–Crippen MR) is 67.4 cm³/mol. The maximum atomic E-state index is 12.0. The van der Waals surface area contributed by atoms with Crippen LogP contribution in [0.2, 0.25) is 0 Å². The summed E-state index contributed by atoms with van der Waals surface area (Å²) in [7, 11) is 0. The second-order valence-electron chi connectivity index (χ2n) is 5.25. The van der Waals surface area contributed by atoms with Crippen LogP contribution in [0, 0.1) is 11.8 Å². The average Bonchev–Trinajstić information content (AvgIpc) is 2.66. The third kappa shape index (κ3) is 3.43. The summed E-state index contributed by atoms with van der Waals surface area (Å²) in [6, 6.07) is 0. The van der Waals surface area contributed by atoms with E-state index in [9.17, 15) is 14.4 Å². The molecular formula is C14H19NO4. The zero-order chi connectivity index (χ0) is 13.8. The van der Waals surface area contributed by atoms with Crippen molar-refractivity contribution in [3.05, 3.63) is 12.2 Å². The summed E-state index contributed by atoms with van der Waals surface area (Å²) in [4.78, 5) is 39.8. The number of carbonyl (C=O) groups is 3. The number of amides is 2. The van der Waals surface area contributed by atoms with E-state index in [1.165, 1.54) is 0 Å². The summed E-state index contributed by atoms with van der Waals surface area (Å²) in [5.41, 5.74) is 0. The lowest BCUT2D eigenvalue weighted by molar-refractivity contribution is -0.201. The molecule has 2 rings (SSSR count). The van der Waals surface area contributed by atoms with Gasteiger partial charge in [0.25, 0.3) is 11.8 Å². The summed E-state index contributed by atoms with van der Waals surface area (Å²) in [5, 5.41) is 0.639. The number of hydroxylamine groups is 2. The van der Waals surface area contributed by atoms with E-state index in [1.807, 2.05) is 0 Å². The minimum atomic E-state index is -0.453. The van der Waals surface area contributed by atoms with E-state index in [2.05, 4.69) is 19.1 Å². The molecule has 5 heteroatoms. The molecule has 104 valence electrons. The molecule has 0 radical (unpaired) electrons. The highest BCUT2D eigenvalue weighted by Crippen LogP contribution is 2.24. The number of rotatable bonds is 2. The van der Waals surface area contributed by atoms with E-state index in [-0.39, 0.29) is 18.8 Å². The molecule has 1 fully saturated rings. The van der Waals surface area contributed by atoms with E-state index in [1.54, 1.807) is 0 Å². The zero-order valence-electron chi connectivity index (χ0n) is 11.1. The van der Waals surface area contributed by atoms with Crippen LogP contribution in [0.4, 0.5) is 0 Å². The number of allylic oxidation sites excluding steroid dienone is 2. The minimum absolute atomic E-state index is 0.135. The highest BCUT2D eigenvalue weighted by Gasteiger charge is 2.34. The van der Waals surface area contributed by atoms with Gasteiger partial charge in [-0.15, -0.1) is 5.06 Å². The Bertz CT molecular complexity index is 400. The number of nitrogens with zero attached hydrogens (tertiary/aromatic N) is 1. The molecule has 1 aliphatic carbocycles. The quantitative estimate of drug-likeness (QED) is 0.565. The topological polar surface area (TPSA) is 63.7 Å². The Morgan fingerprint density at radius 2 is 1.89 bits per heavy atom. The van der Waals surface area contributed by atoms with Crippen molar-refractivity contribution < 1.29 is 19.2 Å². The Morgan fingerprint density at radius 3 is 2.58 bits per heavy atom. The molecule has 0 aromatic rings. The number of imide groups is 1. The van der Waals surface area contributed by atoms with Gasteiger partial charge in [-0.2, -0.15) is 0 Å². The molecule has 0 aromatic carbocycles. The molecule has 1 saturated heterocycles. The van der Waals surface area contributed by atoms with Crippen molar-refractivity contribution in [1.82, 2.24) is 5.06 Å². The Morgan fingerprint density at radius 1 is 1.21 bits per heavy atom. The first-order chi connectivity index (χ1) is 9.08. The first-order valence-corrected chi connectivity index (χ1v) is 6.82. The van der Waals surface area contributed by atoms with Crippen LogP contribution in [0.15, 0.2) is 12.2 Å². The summed E-state index contributed by atoms with van der Waals surface area (Å²) >= 11 is 0. The minimum Gasteiger partial charge on any atom is -0.330 e. The molecule has 0 bridgehead atoms. The van der Waals surface area contributed by atoms with Crippen molar-refractivity contribution in [3.8, 4) is 0 Å². The zero-order valence-corrected chi connectivity index (χ0v) is 11.1. The molecule has 2 aliphatic rings. The highest BCUT2D eigenvalue weighted by atomic mass is 16.7. The lowest BCUT2D eigenvalue weighted by Gasteiger charge is -2.20. The van der Waals surface area contributed by atoms with E-state index in [0.29, 0.717) is 17.4 Å².